The Hall–Kier alpha value is -3.69. The first kappa shape index (κ1) is 25.4. The molecular formula is C24H27N5O6S. The van der Waals surface area contributed by atoms with E-state index in [1.54, 1.807) is 10.7 Å². The number of nitriles is 1. The fourth-order valence-electron chi connectivity index (χ4n) is 4.52. The zero-order valence-electron chi connectivity index (χ0n) is 19.9. The maximum Gasteiger partial charge on any atom is 0.304 e. The second-order valence-corrected chi connectivity index (χ2v) is 12.1. The van der Waals surface area contributed by atoms with Gasteiger partial charge >= 0.3 is 5.97 Å². The van der Waals surface area contributed by atoms with Crippen LogP contribution in [0, 0.1) is 11.3 Å². The van der Waals surface area contributed by atoms with Crippen molar-refractivity contribution in [2.24, 2.45) is 0 Å². The van der Waals surface area contributed by atoms with Crippen molar-refractivity contribution < 1.29 is 23.1 Å². The van der Waals surface area contributed by atoms with Crippen LogP contribution in [0.4, 0.5) is 11.5 Å². The molecule has 1 aromatic carbocycles. The molecule has 0 bridgehead atoms. The van der Waals surface area contributed by atoms with Crippen LogP contribution >= 0.6 is 0 Å². The molecule has 1 atom stereocenters. The smallest absolute Gasteiger partial charge is 0.304 e. The van der Waals surface area contributed by atoms with Gasteiger partial charge in [-0.05, 0) is 57.0 Å². The molecule has 1 aliphatic rings. The second kappa shape index (κ2) is 9.40. The van der Waals surface area contributed by atoms with E-state index in [9.17, 15) is 23.3 Å². The molecule has 0 amide bonds. The molecule has 1 fully saturated rings. The minimum Gasteiger partial charge on any atom is -0.481 e. The van der Waals surface area contributed by atoms with Crippen molar-refractivity contribution in [2.45, 2.75) is 54.7 Å². The molecule has 3 aromatic rings. The summed E-state index contributed by atoms with van der Waals surface area (Å²) in [7, 11) is -3.92. The number of anilines is 2. The zero-order chi connectivity index (χ0) is 26.1. The summed E-state index contributed by atoms with van der Waals surface area (Å²) in [5, 5.41) is 26.7. The van der Waals surface area contributed by atoms with E-state index in [1.165, 1.54) is 44.3 Å². The molecule has 1 saturated heterocycles. The number of carbonyl (C=O) groups is 1. The van der Waals surface area contributed by atoms with E-state index in [0.29, 0.717) is 36.2 Å². The lowest BCUT2D eigenvalue weighted by atomic mass is 9.89. The number of hydrogen-bond donors (Lipinski definition) is 3. The van der Waals surface area contributed by atoms with E-state index in [1.807, 2.05) is 0 Å². The number of rotatable bonds is 8. The van der Waals surface area contributed by atoms with E-state index in [4.69, 9.17) is 9.84 Å². The van der Waals surface area contributed by atoms with Crippen molar-refractivity contribution in [1.82, 2.24) is 14.8 Å². The normalized spacial score (nSPS) is 18.6. The van der Waals surface area contributed by atoms with Crippen LogP contribution in [0.2, 0.25) is 0 Å². The van der Waals surface area contributed by atoms with E-state index in [2.05, 4.69) is 21.5 Å². The molecule has 11 nitrogen and oxygen atoms in total. The van der Waals surface area contributed by atoms with E-state index in [-0.39, 0.29) is 22.7 Å². The monoisotopic (exact) mass is 513 g/mol. The lowest BCUT2D eigenvalue weighted by Crippen LogP contribution is -2.42. The van der Waals surface area contributed by atoms with Crippen molar-refractivity contribution in [2.75, 3.05) is 18.5 Å². The van der Waals surface area contributed by atoms with Crippen molar-refractivity contribution in [3.63, 3.8) is 0 Å². The minimum atomic E-state index is -3.92. The summed E-state index contributed by atoms with van der Waals surface area (Å²) in [6.07, 6.45) is 2.57. The summed E-state index contributed by atoms with van der Waals surface area (Å²) in [5.74, 6) is -0.941. The zero-order valence-corrected chi connectivity index (χ0v) is 20.8. The number of sulfone groups is 1. The highest BCUT2D eigenvalue weighted by molar-refractivity contribution is 7.92. The second-order valence-electron chi connectivity index (χ2n) is 9.53. The standard InChI is InChI=1S/C24H27N5O6S/c1-23(2,14-19(30)31)36(33,34)17-6-4-16(5-7-17)27-21-20-18(8-12-26-22(20)32)29(28-21)24(10-11-25)9-3-13-35-15-24/h4-8,12H,3,9-10,13-15H2,1-2H3,(H,26,32)(H,27,28)(H,30,31). The first-order valence-electron chi connectivity index (χ1n) is 11.4. The Morgan fingerprint density at radius 3 is 2.67 bits per heavy atom. The van der Waals surface area contributed by atoms with Gasteiger partial charge in [0.15, 0.2) is 15.7 Å². The molecule has 2 aromatic heterocycles. The number of carboxylic acid groups (broad SMARTS) is 1. The van der Waals surface area contributed by atoms with Gasteiger partial charge in [0.25, 0.3) is 5.56 Å². The number of hydrogen-bond acceptors (Lipinski definition) is 8. The molecule has 3 N–H and O–H groups in total. The van der Waals surface area contributed by atoms with Gasteiger partial charge in [0.2, 0.25) is 0 Å². The summed E-state index contributed by atoms with van der Waals surface area (Å²) >= 11 is 0. The van der Waals surface area contributed by atoms with Gasteiger partial charge in [-0.3, -0.25) is 14.3 Å². The molecule has 190 valence electrons. The molecular weight excluding hydrogens is 486 g/mol. The minimum absolute atomic E-state index is 0.0140. The maximum atomic E-state index is 13.0. The van der Waals surface area contributed by atoms with Gasteiger partial charge in [0.1, 0.15) is 5.39 Å². The largest absolute Gasteiger partial charge is 0.481 e. The number of pyridine rings is 1. The van der Waals surface area contributed by atoms with Gasteiger partial charge < -0.3 is 20.1 Å². The molecule has 1 unspecified atom stereocenters. The summed E-state index contributed by atoms with van der Waals surface area (Å²) in [5.41, 5.74) is -0.0440. The number of aromatic amines is 1. The molecule has 12 heteroatoms. The van der Waals surface area contributed by atoms with Gasteiger partial charge in [-0.2, -0.15) is 10.4 Å². The quantitative estimate of drug-likeness (QED) is 0.410. The predicted octanol–water partition coefficient (Wildman–Crippen LogP) is 2.91. The summed E-state index contributed by atoms with van der Waals surface area (Å²) in [4.78, 5) is 26.5. The van der Waals surface area contributed by atoms with Crippen LogP contribution in [0.15, 0.2) is 46.2 Å². The van der Waals surface area contributed by atoms with Crippen LogP contribution in [-0.4, -0.2) is 52.2 Å². The van der Waals surface area contributed by atoms with Gasteiger partial charge in [-0.1, -0.05) is 0 Å². The van der Waals surface area contributed by atoms with Crippen LogP contribution in [-0.2, 0) is 24.9 Å². The Bertz CT molecular complexity index is 1490. The van der Waals surface area contributed by atoms with Crippen LogP contribution in [0.1, 0.15) is 39.5 Å². The molecule has 3 heterocycles. The first-order chi connectivity index (χ1) is 17.0. The number of nitrogens with one attached hydrogen (secondary N) is 2. The van der Waals surface area contributed by atoms with E-state index in [0.717, 1.165) is 6.42 Å². The SMILES string of the molecule is CC(C)(CC(=O)O)S(=O)(=O)c1ccc(Nc2nn(C3(CC#N)CCCOC3)c3cc[nH]c(=O)c23)cc1. The lowest BCUT2D eigenvalue weighted by Gasteiger charge is -2.35. The van der Waals surface area contributed by atoms with Crippen molar-refractivity contribution in [3.05, 3.63) is 46.9 Å². The Kier molecular flexibility index (Phi) is 6.64. The number of nitrogens with zero attached hydrogens (tertiary/aromatic N) is 3. The predicted molar refractivity (Wildman–Crippen MR) is 132 cm³/mol. The first-order valence-corrected chi connectivity index (χ1v) is 12.9. The van der Waals surface area contributed by atoms with Crippen molar-refractivity contribution >= 4 is 38.2 Å². The number of H-pyrrole nitrogens is 1. The molecule has 1 aliphatic heterocycles. The number of ether oxygens (including phenoxy) is 1. The fourth-order valence-corrected chi connectivity index (χ4v) is 5.97. The Labute approximate surface area is 207 Å². The Morgan fingerprint density at radius 2 is 2.06 bits per heavy atom. The van der Waals surface area contributed by atoms with Crippen molar-refractivity contribution in [3.8, 4) is 6.07 Å². The summed E-state index contributed by atoms with van der Waals surface area (Å²) in [6.45, 7) is 3.64. The highest BCUT2D eigenvalue weighted by Crippen LogP contribution is 2.36. The van der Waals surface area contributed by atoms with Gasteiger partial charge in [-0.25, -0.2) is 8.42 Å². The molecule has 0 radical (unpaired) electrons. The molecule has 0 spiro atoms. The van der Waals surface area contributed by atoms with E-state index < -0.39 is 32.5 Å². The molecule has 4 rings (SSSR count). The summed E-state index contributed by atoms with van der Waals surface area (Å²) in [6, 6.07) is 9.77. The van der Waals surface area contributed by atoms with Crippen LogP contribution in [0.25, 0.3) is 10.9 Å². The number of aliphatic carboxylic acids is 1. The fraction of sp³-hybridized carbons (Fsp3) is 0.417. The highest BCUT2D eigenvalue weighted by Gasteiger charge is 2.39. The highest BCUT2D eigenvalue weighted by atomic mass is 32.2. The van der Waals surface area contributed by atoms with Gasteiger partial charge in [0, 0.05) is 18.5 Å². The lowest BCUT2D eigenvalue weighted by molar-refractivity contribution is -0.137. The Balaban J connectivity index is 1.72. The third kappa shape index (κ3) is 4.47. The van der Waals surface area contributed by atoms with Crippen LogP contribution < -0.4 is 10.9 Å². The Morgan fingerprint density at radius 1 is 1.33 bits per heavy atom. The average molecular weight is 514 g/mol. The van der Waals surface area contributed by atoms with Crippen molar-refractivity contribution in [1.29, 1.82) is 5.26 Å². The van der Waals surface area contributed by atoms with E-state index >= 15 is 0 Å². The number of carboxylic acids is 1. The average Bonchev–Trinajstić information content (AvgIpc) is 3.19. The van der Waals surface area contributed by atoms with Gasteiger partial charge in [-0.15, -0.1) is 0 Å². The topological polar surface area (TPSA) is 167 Å². The van der Waals surface area contributed by atoms with Crippen LogP contribution in [0.3, 0.4) is 0 Å². The number of benzene rings is 1. The van der Waals surface area contributed by atoms with Crippen LogP contribution in [0.5, 0.6) is 0 Å². The molecule has 36 heavy (non-hydrogen) atoms. The number of aromatic nitrogens is 3. The van der Waals surface area contributed by atoms with Gasteiger partial charge in [0.05, 0.1) is 46.2 Å². The third-order valence-corrected chi connectivity index (χ3v) is 8.99. The number of fused-ring (bicyclic) bond motifs is 1. The molecule has 0 saturated carbocycles. The maximum absolute atomic E-state index is 13.0. The molecule has 0 aliphatic carbocycles. The summed E-state index contributed by atoms with van der Waals surface area (Å²) < 4.78 is 31.8. The third-order valence-electron chi connectivity index (χ3n) is 6.49.